The Morgan fingerprint density at radius 1 is 1.28 bits per heavy atom. The van der Waals surface area contributed by atoms with Crippen molar-refractivity contribution in [2.75, 3.05) is 18.9 Å². The van der Waals surface area contributed by atoms with E-state index in [2.05, 4.69) is 20.8 Å². The molecule has 29 heavy (non-hydrogen) atoms. The van der Waals surface area contributed by atoms with Crippen molar-refractivity contribution in [1.29, 1.82) is 0 Å². The summed E-state index contributed by atoms with van der Waals surface area (Å²) in [5, 5.41) is 14.7. The van der Waals surface area contributed by atoms with E-state index in [1.54, 1.807) is 30.5 Å². The van der Waals surface area contributed by atoms with Crippen LogP contribution in [0.4, 0.5) is 4.79 Å². The number of urea groups is 1. The SMILES string of the molecule is CCOC(=O)C1=C(CSc2nnc3n(C)c(=O)c4ccccc4n23)NC(=O)NC1. The number of fused-ring (bicyclic) bond motifs is 3. The molecule has 0 atom stereocenters. The lowest BCUT2D eigenvalue weighted by Crippen LogP contribution is -2.44. The number of aromatic nitrogens is 4. The number of para-hydroxylation sites is 1. The molecule has 1 aromatic carbocycles. The average Bonchev–Trinajstić information content (AvgIpc) is 3.15. The van der Waals surface area contributed by atoms with E-state index in [0.717, 1.165) is 0 Å². The highest BCUT2D eigenvalue weighted by molar-refractivity contribution is 7.99. The standard InChI is InChI=1S/C18H18N6O4S/c1-3-28-15(26)11-8-19-16(27)20-12(11)9-29-18-22-21-17-23(2)14(25)10-6-4-5-7-13(10)24(17)18/h4-7H,3,8-9H2,1-2H3,(H2,19,20,27). The summed E-state index contributed by atoms with van der Waals surface area (Å²) in [5.41, 5.74) is 1.36. The first-order valence-electron chi connectivity index (χ1n) is 8.91. The Hall–Kier alpha value is -3.34. The van der Waals surface area contributed by atoms with Crippen LogP contribution in [-0.4, -0.2) is 50.1 Å². The molecule has 0 radical (unpaired) electrons. The second kappa shape index (κ2) is 7.59. The zero-order valence-corrected chi connectivity index (χ0v) is 16.6. The predicted molar refractivity (Wildman–Crippen MR) is 107 cm³/mol. The summed E-state index contributed by atoms with van der Waals surface area (Å²) in [6, 6.07) is 6.83. The van der Waals surface area contributed by atoms with Crippen LogP contribution >= 0.6 is 11.8 Å². The molecule has 10 nitrogen and oxygen atoms in total. The minimum Gasteiger partial charge on any atom is -0.463 e. The molecule has 3 heterocycles. The van der Waals surface area contributed by atoms with Crippen LogP contribution in [-0.2, 0) is 16.6 Å². The summed E-state index contributed by atoms with van der Waals surface area (Å²) in [4.78, 5) is 36.5. The Balaban J connectivity index is 1.74. The van der Waals surface area contributed by atoms with Gasteiger partial charge in [-0.2, -0.15) is 0 Å². The number of nitrogens with zero attached hydrogens (tertiary/aromatic N) is 4. The minimum atomic E-state index is -0.477. The van der Waals surface area contributed by atoms with Crippen molar-refractivity contribution in [2.45, 2.75) is 12.1 Å². The van der Waals surface area contributed by atoms with E-state index in [0.29, 0.717) is 33.1 Å². The summed E-state index contributed by atoms with van der Waals surface area (Å²) in [6.45, 7) is 2.06. The molecule has 150 valence electrons. The first-order valence-corrected chi connectivity index (χ1v) is 9.89. The molecule has 0 saturated carbocycles. The van der Waals surface area contributed by atoms with E-state index in [4.69, 9.17) is 4.74 Å². The number of carbonyl (C=O) groups is 2. The molecule has 4 rings (SSSR count). The van der Waals surface area contributed by atoms with E-state index in [-0.39, 0.29) is 30.5 Å². The van der Waals surface area contributed by atoms with Gasteiger partial charge in [0.2, 0.25) is 5.78 Å². The largest absolute Gasteiger partial charge is 0.463 e. The van der Waals surface area contributed by atoms with Crippen LogP contribution in [0, 0.1) is 0 Å². The zero-order valence-electron chi connectivity index (χ0n) is 15.8. The van der Waals surface area contributed by atoms with Crippen molar-refractivity contribution < 1.29 is 14.3 Å². The number of carbonyl (C=O) groups excluding carboxylic acids is 2. The average molecular weight is 414 g/mol. The number of hydrogen-bond donors (Lipinski definition) is 2. The molecule has 1 aliphatic heterocycles. The Morgan fingerprint density at radius 3 is 2.86 bits per heavy atom. The summed E-state index contributed by atoms with van der Waals surface area (Å²) in [5.74, 6) is 0.208. The van der Waals surface area contributed by atoms with Gasteiger partial charge in [0.1, 0.15) is 0 Å². The maximum atomic E-state index is 12.5. The van der Waals surface area contributed by atoms with Crippen molar-refractivity contribution in [2.24, 2.45) is 7.05 Å². The number of amides is 2. The monoisotopic (exact) mass is 414 g/mol. The fraction of sp³-hybridized carbons (Fsp3) is 0.278. The van der Waals surface area contributed by atoms with Crippen molar-refractivity contribution >= 4 is 40.4 Å². The van der Waals surface area contributed by atoms with Gasteiger partial charge in [-0.3, -0.25) is 13.8 Å². The summed E-state index contributed by atoms with van der Waals surface area (Å²) >= 11 is 1.30. The van der Waals surface area contributed by atoms with E-state index >= 15 is 0 Å². The maximum absolute atomic E-state index is 12.5. The van der Waals surface area contributed by atoms with Crippen molar-refractivity contribution in [1.82, 2.24) is 29.8 Å². The van der Waals surface area contributed by atoms with Gasteiger partial charge in [0.15, 0.2) is 5.16 Å². The van der Waals surface area contributed by atoms with Crippen molar-refractivity contribution in [3.05, 3.63) is 45.9 Å². The number of nitrogens with one attached hydrogen (secondary N) is 2. The molecule has 2 N–H and O–H groups in total. The smallest absolute Gasteiger partial charge is 0.337 e. The number of hydrogen-bond acceptors (Lipinski definition) is 7. The minimum absolute atomic E-state index is 0.0958. The highest BCUT2D eigenvalue weighted by atomic mass is 32.2. The number of thioether (sulfide) groups is 1. The molecule has 0 unspecified atom stereocenters. The fourth-order valence-electron chi connectivity index (χ4n) is 3.11. The van der Waals surface area contributed by atoms with E-state index in [1.165, 1.54) is 16.3 Å². The van der Waals surface area contributed by atoms with Crippen LogP contribution < -0.4 is 16.2 Å². The van der Waals surface area contributed by atoms with Gasteiger partial charge in [-0.15, -0.1) is 10.2 Å². The maximum Gasteiger partial charge on any atom is 0.337 e. The number of aryl methyl sites for hydroxylation is 1. The van der Waals surface area contributed by atoms with Crippen molar-refractivity contribution in [3.8, 4) is 0 Å². The number of esters is 1. The molecule has 0 fully saturated rings. The molecule has 0 aliphatic carbocycles. The topological polar surface area (TPSA) is 120 Å². The van der Waals surface area contributed by atoms with Gasteiger partial charge >= 0.3 is 12.0 Å². The van der Waals surface area contributed by atoms with E-state index in [1.807, 2.05) is 12.1 Å². The molecule has 1 aliphatic rings. The van der Waals surface area contributed by atoms with Crippen LogP contribution in [0.25, 0.3) is 16.7 Å². The van der Waals surface area contributed by atoms with Crippen LogP contribution in [0.2, 0.25) is 0 Å². The zero-order chi connectivity index (χ0) is 20.5. The molecular formula is C18H18N6O4S. The summed E-state index contributed by atoms with van der Waals surface area (Å²) < 4.78 is 8.30. The molecule has 2 amide bonds. The highest BCUT2D eigenvalue weighted by Gasteiger charge is 2.24. The number of rotatable bonds is 5. The molecule has 0 spiro atoms. The quantitative estimate of drug-likeness (QED) is 0.468. The first kappa shape index (κ1) is 19.0. The number of ether oxygens (including phenoxy) is 1. The van der Waals surface area contributed by atoms with Crippen LogP contribution in [0.1, 0.15) is 6.92 Å². The second-order valence-corrected chi connectivity index (χ2v) is 7.22. The first-order chi connectivity index (χ1) is 14.0. The van der Waals surface area contributed by atoms with Gasteiger partial charge in [0.25, 0.3) is 5.56 Å². The molecule has 0 bridgehead atoms. The van der Waals surface area contributed by atoms with Gasteiger partial charge in [0.05, 0.1) is 29.6 Å². The third-order valence-electron chi connectivity index (χ3n) is 4.52. The lowest BCUT2D eigenvalue weighted by molar-refractivity contribution is -0.138. The summed E-state index contributed by atoms with van der Waals surface area (Å²) in [6.07, 6.45) is 0. The molecule has 2 aromatic heterocycles. The normalized spacial score (nSPS) is 14.2. The lowest BCUT2D eigenvalue weighted by Gasteiger charge is -2.20. The third kappa shape index (κ3) is 3.33. The number of benzene rings is 1. The second-order valence-electron chi connectivity index (χ2n) is 6.27. The highest BCUT2D eigenvalue weighted by Crippen LogP contribution is 2.24. The van der Waals surface area contributed by atoms with Gasteiger partial charge in [-0.25, -0.2) is 9.59 Å². The fourth-order valence-corrected chi connectivity index (χ4v) is 4.04. The van der Waals surface area contributed by atoms with Gasteiger partial charge in [-0.1, -0.05) is 23.9 Å². The van der Waals surface area contributed by atoms with E-state index in [9.17, 15) is 14.4 Å². The molecule has 11 heteroatoms. The molecule has 3 aromatic rings. The predicted octanol–water partition coefficient (Wildman–Crippen LogP) is 0.803. The van der Waals surface area contributed by atoms with Gasteiger partial charge in [-0.05, 0) is 19.1 Å². The van der Waals surface area contributed by atoms with Crippen LogP contribution in [0.15, 0.2) is 45.5 Å². The summed E-state index contributed by atoms with van der Waals surface area (Å²) in [7, 11) is 1.64. The Labute approximate surface area is 168 Å². The van der Waals surface area contributed by atoms with Gasteiger partial charge < -0.3 is 15.4 Å². The van der Waals surface area contributed by atoms with Crippen molar-refractivity contribution in [3.63, 3.8) is 0 Å². The van der Waals surface area contributed by atoms with Crippen LogP contribution in [0.3, 0.4) is 0 Å². The Morgan fingerprint density at radius 2 is 2.07 bits per heavy atom. The van der Waals surface area contributed by atoms with Gasteiger partial charge in [0, 0.05) is 18.5 Å². The lowest BCUT2D eigenvalue weighted by atomic mass is 10.2. The Kier molecular flexibility index (Phi) is 4.97. The molecular weight excluding hydrogens is 396 g/mol. The van der Waals surface area contributed by atoms with E-state index < -0.39 is 5.97 Å². The molecule has 0 saturated heterocycles. The van der Waals surface area contributed by atoms with Crippen LogP contribution in [0.5, 0.6) is 0 Å². The third-order valence-corrected chi connectivity index (χ3v) is 5.47. The Bertz CT molecular complexity index is 1230.